The fraction of sp³-hybridized carbons (Fsp3) is 0.375. The molecule has 2 heterocycles. The minimum Gasteiger partial charge on any atom is -0.490 e. The number of benzene rings is 4. The van der Waals surface area contributed by atoms with Gasteiger partial charge in [0, 0.05) is 45.1 Å². The maximum absolute atomic E-state index is 13.5. The molecule has 2 aliphatic heterocycles. The molecule has 0 aliphatic carbocycles. The third-order valence-electron chi connectivity index (χ3n) is 9.49. The van der Waals surface area contributed by atoms with Crippen molar-refractivity contribution in [2.75, 3.05) is 32.7 Å². The number of rotatable bonds is 12. The Morgan fingerprint density at radius 3 is 2.00 bits per heavy atom. The molecule has 0 radical (unpaired) electrons. The van der Waals surface area contributed by atoms with Crippen molar-refractivity contribution in [1.29, 1.82) is 0 Å². The van der Waals surface area contributed by atoms with Crippen LogP contribution >= 0.6 is 0 Å². The zero-order chi connectivity index (χ0) is 30.0. The normalized spacial score (nSPS) is 18.3. The standard InChI is InChI=1S/C40H46N2O2/c43-39(23-22-33-15-12-26-42(30-33)29-32-13-4-1-5-14-32)37-20-10-11-21-40(37)44-36-24-27-41(28-25-36)31-38(34-16-6-2-7-17-34)35-18-8-3-9-19-35/h1-11,13-14,16-21,33,36,38H,12,15,22-31H2. The minimum absolute atomic E-state index is 0.136. The first-order valence-corrected chi connectivity index (χ1v) is 16.6. The van der Waals surface area contributed by atoms with Crippen LogP contribution in [0, 0.1) is 5.92 Å². The van der Waals surface area contributed by atoms with Gasteiger partial charge in [-0.25, -0.2) is 0 Å². The van der Waals surface area contributed by atoms with Crippen LogP contribution in [0.5, 0.6) is 5.75 Å². The van der Waals surface area contributed by atoms with Crippen molar-refractivity contribution in [2.24, 2.45) is 5.92 Å². The number of Topliss-reactive ketones (excluding diaryl/α,β-unsaturated/α-hetero) is 1. The summed E-state index contributed by atoms with van der Waals surface area (Å²) < 4.78 is 6.55. The molecule has 2 fully saturated rings. The lowest BCUT2D eigenvalue weighted by atomic mass is 9.90. The van der Waals surface area contributed by atoms with Crippen LogP contribution in [-0.4, -0.2) is 54.4 Å². The predicted molar refractivity (Wildman–Crippen MR) is 179 cm³/mol. The van der Waals surface area contributed by atoms with E-state index in [4.69, 9.17) is 4.74 Å². The summed E-state index contributed by atoms with van der Waals surface area (Å²) in [6, 6.07) is 40.4. The van der Waals surface area contributed by atoms with Crippen molar-refractivity contribution in [1.82, 2.24) is 9.80 Å². The molecular formula is C40H46N2O2. The summed E-state index contributed by atoms with van der Waals surface area (Å²) in [5.41, 5.74) is 4.84. The van der Waals surface area contributed by atoms with Crippen LogP contribution in [0.25, 0.3) is 0 Å². The number of carbonyl (C=O) groups excluding carboxylic acids is 1. The highest BCUT2D eigenvalue weighted by Crippen LogP contribution is 2.30. The molecule has 4 aromatic rings. The number of carbonyl (C=O) groups is 1. The highest BCUT2D eigenvalue weighted by molar-refractivity contribution is 5.98. The summed E-state index contributed by atoms with van der Waals surface area (Å²) >= 11 is 0. The van der Waals surface area contributed by atoms with Gasteiger partial charge in [-0.05, 0) is 73.4 Å². The highest BCUT2D eigenvalue weighted by Gasteiger charge is 2.26. The van der Waals surface area contributed by atoms with Gasteiger partial charge in [-0.3, -0.25) is 9.69 Å². The molecule has 0 N–H and O–H groups in total. The lowest BCUT2D eigenvalue weighted by molar-refractivity contribution is 0.0903. The molecule has 1 atom stereocenters. The van der Waals surface area contributed by atoms with E-state index >= 15 is 0 Å². The molecule has 228 valence electrons. The van der Waals surface area contributed by atoms with E-state index in [9.17, 15) is 4.79 Å². The average Bonchev–Trinajstić information content (AvgIpc) is 3.08. The first kappa shape index (κ1) is 30.3. The third-order valence-corrected chi connectivity index (χ3v) is 9.49. The maximum atomic E-state index is 13.5. The second kappa shape index (κ2) is 15.3. The Labute approximate surface area is 263 Å². The van der Waals surface area contributed by atoms with Gasteiger partial charge in [0.15, 0.2) is 5.78 Å². The molecule has 1 unspecified atom stereocenters. The Kier molecular flexibility index (Phi) is 10.6. The molecule has 4 aromatic carbocycles. The fourth-order valence-electron chi connectivity index (χ4n) is 7.06. The zero-order valence-electron chi connectivity index (χ0n) is 25.9. The van der Waals surface area contributed by atoms with E-state index in [2.05, 4.69) is 101 Å². The summed E-state index contributed by atoms with van der Waals surface area (Å²) in [4.78, 5) is 18.6. The second-order valence-electron chi connectivity index (χ2n) is 12.7. The van der Waals surface area contributed by atoms with Gasteiger partial charge in [0.1, 0.15) is 11.9 Å². The molecule has 2 saturated heterocycles. The summed E-state index contributed by atoms with van der Waals surface area (Å²) in [5, 5.41) is 0. The Bertz CT molecular complexity index is 1390. The molecule has 44 heavy (non-hydrogen) atoms. The van der Waals surface area contributed by atoms with Gasteiger partial charge in [-0.1, -0.05) is 103 Å². The Hall–Kier alpha value is -3.73. The molecular weight excluding hydrogens is 540 g/mol. The van der Waals surface area contributed by atoms with E-state index < -0.39 is 0 Å². The van der Waals surface area contributed by atoms with Crippen LogP contribution in [0.1, 0.15) is 71.5 Å². The molecule has 4 heteroatoms. The molecule has 2 aliphatic rings. The van der Waals surface area contributed by atoms with Crippen molar-refractivity contribution in [3.8, 4) is 5.75 Å². The first-order valence-electron chi connectivity index (χ1n) is 16.6. The monoisotopic (exact) mass is 586 g/mol. The Morgan fingerprint density at radius 2 is 1.32 bits per heavy atom. The van der Waals surface area contributed by atoms with Crippen LogP contribution in [0.4, 0.5) is 0 Å². The van der Waals surface area contributed by atoms with E-state index in [0.717, 1.165) is 69.8 Å². The maximum Gasteiger partial charge on any atom is 0.166 e. The fourth-order valence-corrected chi connectivity index (χ4v) is 7.06. The van der Waals surface area contributed by atoms with Crippen molar-refractivity contribution in [3.63, 3.8) is 0 Å². The van der Waals surface area contributed by atoms with Crippen molar-refractivity contribution in [2.45, 2.75) is 57.1 Å². The topological polar surface area (TPSA) is 32.8 Å². The first-order chi connectivity index (χ1) is 21.7. The number of piperidine rings is 2. The van der Waals surface area contributed by atoms with E-state index in [1.165, 1.54) is 29.5 Å². The van der Waals surface area contributed by atoms with Crippen LogP contribution in [0.15, 0.2) is 115 Å². The third kappa shape index (κ3) is 8.25. The molecule has 4 nitrogen and oxygen atoms in total. The van der Waals surface area contributed by atoms with Gasteiger partial charge in [0.05, 0.1) is 5.56 Å². The quantitative estimate of drug-likeness (QED) is 0.157. The molecule has 0 spiro atoms. The van der Waals surface area contributed by atoms with E-state index in [0.29, 0.717) is 18.3 Å². The predicted octanol–water partition coefficient (Wildman–Crippen LogP) is 8.24. The molecule has 0 bridgehead atoms. The number of hydrogen-bond donors (Lipinski definition) is 0. The molecule has 0 aromatic heterocycles. The van der Waals surface area contributed by atoms with Gasteiger partial charge in [0.2, 0.25) is 0 Å². The summed E-state index contributed by atoms with van der Waals surface area (Å²) in [5.74, 6) is 1.90. The number of ether oxygens (including phenoxy) is 1. The summed E-state index contributed by atoms with van der Waals surface area (Å²) in [7, 11) is 0. The number of para-hydroxylation sites is 1. The average molecular weight is 587 g/mol. The SMILES string of the molecule is O=C(CCC1CCCN(Cc2ccccc2)C1)c1ccccc1OC1CCN(CC(c2ccccc2)c2ccccc2)CC1. The van der Waals surface area contributed by atoms with E-state index in [-0.39, 0.29) is 11.9 Å². The highest BCUT2D eigenvalue weighted by atomic mass is 16.5. The molecule has 0 amide bonds. The van der Waals surface area contributed by atoms with E-state index in [1.54, 1.807) is 0 Å². The van der Waals surface area contributed by atoms with Crippen molar-refractivity contribution < 1.29 is 9.53 Å². The minimum atomic E-state index is 0.136. The van der Waals surface area contributed by atoms with Gasteiger partial charge >= 0.3 is 0 Å². The number of hydrogen-bond acceptors (Lipinski definition) is 4. The smallest absolute Gasteiger partial charge is 0.166 e. The lowest BCUT2D eigenvalue weighted by Crippen LogP contribution is -2.40. The zero-order valence-corrected chi connectivity index (χ0v) is 25.9. The number of likely N-dealkylation sites (tertiary alicyclic amines) is 2. The van der Waals surface area contributed by atoms with Gasteiger partial charge in [0.25, 0.3) is 0 Å². The van der Waals surface area contributed by atoms with Crippen LogP contribution in [-0.2, 0) is 6.54 Å². The second-order valence-corrected chi connectivity index (χ2v) is 12.7. The van der Waals surface area contributed by atoms with Crippen molar-refractivity contribution >= 4 is 5.78 Å². The van der Waals surface area contributed by atoms with Gasteiger partial charge < -0.3 is 9.64 Å². The van der Waals surface area contributed by atoms with E-state index in [1.807, 2.05) is 24.3 Å². The lowest BCUT2D eigenvalue weighted by Gasteiger charge is -2.35. The van der Waals surface area contributed by atoms with Crippen LogP contribution in [0.3, 0.4) is 0 Å². The van der Waals surface area contributed by atoms with Crippen molar-refractivity contribution in [3.05, 3.63) is 138 Å². The Morgan fingerprint density at radius 1 is 0.705 bits per heavy atom. The van der Waals surface area contributed by atoms with Gasteiger partial charge in [-0.15, -0.1) is 0 Å². The summed E-state index contributed by atoms with van der Waals surface area (Å²) in [6.07, 6.45) is 6.03. The summed E-state index contributed by atoms with van der Waals surface area (Å²) in [6.45, 7) is 6.22. The molecule has 0 saturated carbocycles. The number of ketones is 1. The van der Waals surface area contributed by atoms with Gasteiger partial charge in [-0.2, -0.15) is 0 Å². The number of nitrogens with zero attached hydrogens (tertiary/aromatic N) is 2. The molecule has 6 rings (SSSR count). The van der Waals surface area contributed by atoms with Crippen LogP contribution in [0.2, 0.25) is 0 Å². The largest absolute Gasteiger partial charge is 0.490 e. The van der Waals surface area contributed by atoms with Crippen LogP contribution < -0.4 is 4.74 Å². The Balaban J connectivity index is 1.00.